The second-order valence-electron chi connectivity index (χ2n) is 4.36. The molecule has 1 aromatic rings. The van der Waals surface area contributed by atoms with Gasteiger partial charge in [-0.15, -0.1) is 0 Å². The minimum absolute atomic E-state index is 0.732. The third kappa shape index (κ3) is 1.82. The van der Waals surface area contributed by atoms with Gasteiger partial charge in [-0.25, -0.2) is 9.97 Å². The maximum absolute atomic E-state index is 4.56. The van der Waals surface area contributed by atoms with Crippen LogP contribution in [0.1, 0.15) is 24.1 Å². The van der Waals surface area contributed by atoms with Crippen molar-refractivity contribution in [3.05, 3.63) is 16.0 Å². The molecule has 0 atom stereocenters. The number of fused-ring (bicyclic) bond motifs is 1. The van der Waals surface area contributed by atoms with E-state index in [0.29, 0.717) is 0 Å². The molecular formula is C11H15BrN4. The summed E-state index contributed by atoms with van der Waals surface area (Å²) in [5.74, 6) is 1.14. The number of aromatic nitrogens is 2. The zero-order chi connectivity index (χ0) is 11.0. The van der Waals surface area contributed by atoms with Crippen molar-refractivity contribution in [2.45, 2.75) is 25.8 Å². The normalized spacial score (nSPS) is 19.9. The molecule has 5 heteroatoms. The molecule has 0 bridgehead atoms. The topological polar surface area (TPSA) is 41.1 Å². The SMILES string of the molecule is Brc1nc2c(c(N3CCCC3)n1)CNCC2. The van der Waals surface area contributed by atoms with Gasteiger partial charge in [0.2, 0.25) is 0 Å². The van der Waals surface area contributed by atoms with Crippen molar-refractivity contribution < 1.29 is 0 Å². The van der Waals surface area contributed by atoms with Crippen LogP contribution < -0.4 is 10.2 Å². The van der Waals surface area contributed by atoms with Crippen LogP contribution in [-0.4, -0.2) is 29.6 Å². The smallest absolute Gasteiger partial charge is 0.198 e. The van der Waals surface area contributed by atoms with Crippen LogP contribution in [0.4, 0.5) is 5.82 Å². The van der Waals surface area contributed by atoms with Crippen LogP contribution in [0.15, 0.2) is 4.73 Å². The Bertz CT molecular complexity index is 401. The maximum atomic E-state index is 4.56. The highest BCUT2D eigenvalue weighted by Gasteiger charge is 2.22. The van der Waals surface area contributed by atoms with E-state index in [1.54, 1.807) is 0 Å². The average Bonchev–Trinajstić information content (AvgIpc) is 2.81. The van der Waals surface area contributed by atoms with E-state index >= 15 is 0 Å². The molecule has 0 aliphatic carbocycles. The zero-order valence-corrected chi connectivity index (χ0v) is 10.8. The monoisotopic (exact) mass is 282 g/mol. The number of rotatable bonds is 1. The fourth-order valence-electron chi connectivity index (χ4n) is 2.49. The number of anilines is 1. The highest BCUT2D eigenvalue weighted by molar-refractivity contribution is 9.10. The van der Waals surface area contributed by atoms with E-state index in [9.17, 15) is 0 Å². The van der Waals surface area contributed by atoms with Crippen molar-refractivity contribution in [3.63, 3.8) is 0 Å². The summed E-state index contributed by atoms with van der Waals surface area (Å²) in [4.78, 5) is 11.4. The molecule has 0 unspecified atom stereocenters. The predicted octanol–water partition coefficient (Wildman–Crippen LogP) is 1.48. The largest absolute Gasteiger partial charge is 0.356 e. The van der Waals surface area contributed by atoms with Gasteiger partial charge in [0.05, 0.1) is 5.69 Å². The van der Waals surface area contributed by atoms with Crippen LogP contribution in [0.3, 0.4) is 0 Å². The summed E-state index contributed by atoms with van der Waals surface area (Å²) in [5, 5.41) is 3.40. The minimum Gasteiger partial charge on any atom is -0.356 e. The Morgan fingerprint density at radius 1 is 1.19 bits per heavy atom. The molecule has 2 aliphatic rings. The molecule has 1 saturated heterocycles. The van der Waals surface area contributed by atoms with Gasteiger partial charge in [0.15, 0.2) is 4.73 Å². The summed E-state index contributed by atoms with van der Waals surface area (Å²) >= 11 is 3.42. The minimum atomic E-state index is 0.732. The molecule has 1 fully saturated rings. The number of halogens is 1. The fraction of sp³-hybridized carbons (Fsp3) is 0.636. The predicted molar refractivity (Wildman–Crippen MR) is 66.6 cm³/mol. The molecule has 16 heavy (non-hydrogen) atoms. The summed E-state index contributed by atoms with van der Waals surface area (Å²) in [6, 6.07) is 0. The Morgan fingerprint density at radius 3 is 2.81 bits per heavy atom. The van der Waals surface area contributed by atoms with Crippen molar-refractivity contribution >= 4 is 21.7 Å². The molecule has 1 N–H and O–H groups in total. The van der Waals surface area contributed by atoms with Crippen LogP contribution >= 0.6 is 15.9 Å². The molecule has 0 amide bonds. The van der Waals surface area contributed by atoms with Gasteiger partial charge >= 0.3 is 0 Å². The van der Waals surface area contributed by atoms with Crippen LogP contribution in [-0.2, 0) is 13.0 Å². The van der Waals surface area contributed by atoms with Gasteiger partial charge in [-0.2, -0.15) is 0 Å². The Morgan fingerprint density at radius 2 is 2.00 bits per heavy atom. The van der Waals surface area contributed by atoms with Crippen LogP contribution in [0.25, 0.3) is 0 Å². The highest BCUT2D eigenvalue weighted by Crippen LogP contribution is 2.27. The van der Waals surface area contributed by atoms with Gasteiger partial charge < -0.3 is 10.2 Å². The summed E-state index contributed by atoms with van der Waals surface area (Å²) < 4.78 is 0.732. The van der Waals surface area contributed by atoms with Gasteiger partial charge in [-0.1, -0.05) is 0 Å². The maximum Gasteiger partial charge on any atom is 0.198 e. The lowest BCUT2D eigenvalue weighted by Crippen LogP contribution is -2.29. The second-order valence-corrected chi connectivity index (χ2v) is 5.07. The first-order valence-corrected chi connectivity index (χ1v) is 6.65. The third-order valence-electron chi connectivity index (χ3n) is 3.29. The van der Waals surface area contributed by atoms with E-state index in [0.717, 1.165) is 43.2 Å². The van der Waals surface area contributed by atoms with E-state index < -0.39 is 0 Å². The van der Waals surface area contributed by atoms with Crippen molar-refractivity contribution in [1.29, 1.82) is 0 Å². The molecule has 1 aromatic heterocycles. The van der Waals surface area contributed by atoms with E-state index in [1.807, 2.05) is 0 Å². The summed E-state index contributed by atoms with van der Waals surface area (Å²) in [7, 11) is 0. The first-order valence-electron chi connectivity index (χ1n) is 5.85. The quantitative estimate of drug-likeness (QED) is 0.793. The molecule has 0 aromatic carbocycles. The van der Waals surface area contributed by atoms with Crippen molar-refractivity contribution in [3.8, 4) is 0 Å². The lowest BCUT2D eigenvalue weighted by Gasteiger charge is -2.24. The number of hydrogen-bond acceptors (Lipinski definition) is 4. The Balaban J connectivity index is 2.04. The van der Waals surface area contributed by atoms with Gasteiger partial charge in [0.25, 0.3) is 0 Å². The molecule has 0 saturated carbocycles. The molecule has 0 radical (unpaired) electrons. The fourth-order valence-corrected chi connectivity index (χ4v) is 2.87. The van der Waals surface area contributed by atoms with Crippen molar-refractivity contribution in [2.24, 2.45) is 0 Å². The number of nitrogens with zero attached hydrogens (tertiary/aromatic N) is 3. The average molecular weight is 283 g/mol. The van der Waals surface area contributed by atoms with Crippen LogP contribution in [0.2, 0.25) is 0 Å². The zero-order valence-electron chi connectivity index (χ0n) is 9.17. The van der Waals surface area contributed by atoms with Gasteiger partial charge in [0.1, 0.15) is 5.82 Å². The molecule has 0 spiro atoms. The summed E-state index contributed by atoms with van der Waals surface area (Å²) in [6.45, 7) is 4.20. The Kier molecular flexibility index (Phi) is 2.81. The van der Waals surface area contributed by atoms with Gasteiger partial charge in [0, 0.05) is 38.2 Å². The first kappa shape index (κ1) is 10.5. The van der Waals surface area contributed by atoms with Crippen molar-refractivity contribution in [1.82, 2.24) is 15.3 Å². The van der Waals surface area contributed by atoms with Crippen molar-refractivity contribution in [2.75, 3.05) is 24.5 Å². The van der Waals surface area contributed by atoms with Crippen LogP contribution in [0.5, 0.6) is 0 Å². The van der Waals surface area contributed by atoms with E-state index in [2.05, 4.69) is 36.1 Å². The molecule has 4 nitrogen and oxygen atoms in total. The third-order valence-corrected chi connectivity index (χ3v) is 3.64. The van der Waals surface area contributed by atoms with Gasteiger partial charge in [-0.3, -0.25) is 0 Å². The summed E-state index contributed by atoms with van der Waals surface area (Å²) in [6.07, 6.45) is 3.57. The van der Waals surface area contributed by atoms with E-state index in [1.165, 1.54) is 24.1 Å². The summed E-state index contributed by atoms with van der Waals surface area (Å²) in [5.41, 5.74) is 2.51. The molecule has 3 rings (SSSR count). The standard InChI is InChI=1S/C11H15BrN4/c12-11-14-9-3-4-13-7-8(9)10(15-11)16-5-1-2-6-16/h13H,1-7H2. The van der Waals surface area contributed by atoms with Crippen LogP contribution in [0, 0.1) is 0 Å². The number of hydrogen-bond donors (Lipinski definition) is 1. The van der Waals surface area contributed by atoms with E-state index in [4.69, 9.17) is 0 Å². The van der Waals surface area contributed by atoms with E-state index in [-0.39, 0.29) is 0 Å². The Hall–Kier alpha value is -0.680. The molecule has 2 aliphatic heterocycles. The lowest BCUT2D eigenvalue weighted by molar-refractivity contribution is 0.621. The first-order chi connectivity index (χ1) is 7.84. The Labute approximate surface area is 104 Å². The second kappa shape index (κ2) is 4.30. The molecular weight excluding hydrogens is 268 g/mol. The lowest BCUT2D eigenvalue weighted by atomic mass is 10.1. The highest BCUT2D eigenvalue weighted by atomic mass is 79.9. The number of nitrogens with one attached hydrogen (secondary N) is 1. The molecule has 86 valence electrons. The molecule has 3 heterocycles. The van der Waals surface area contributed by atoms with Gasteiger partial charge in [-0.05, 0) is 28.8 Å².